The maximum absolute atomic E-state index is 9.94. The number of hydrogen-bond donors (Lipinski definition) is 0. The second-order valence-corrected chi connectivity index (χ2v) is 2.80. The summed E-state index contributed by atoms with van der Waals surface area (Å²) >= 11 is 11.5. The number of aldehydes is 1. The molecule has 0 spiro atoms. The van der Waals surface area contributed by atoms with Gasteiger partial charge in [-0.1, -0.05) is 35.2 Å². The second kappa shape index (κ2) is 4.15. The molecule has 1 aromatic rings. The third kappa shape index (κ3) is 2.01. The maximum atomic E-state index is 9.94. The summed E-state index contributed by atoms with van der Waals surface area (Å²) in [5, 5.41) is 0.911. The maximum Gasteiger partial charge on any atom is 0.193 e. The summed E-state index contributed by atoms with van der Waals surface area (Å²) in [6.45, 7) is 0. The number of hydrogen-bond acceptors (Lipinski definition) is 1. The Morgan fingerprint density at radius 1 is 1.25 bits per heavy atom. The van der Waals surface area contributed by atoms with E-state index in [1.165, 1.54) is 0 Å². The summed E-state index contributed by atoms with van der Waals surface area (Å²) in [5.41, 5.74) is 0.493. The van der Waals surface area contributed by atoms with Crippen molar-refractivity contribution in [1.82, 2.24) is 0 Å². The van der Waals surface area contributed by atoms with Gasteiger partial charge in [0.25, 0.3) is 0 Å². The molecule has 12 heavy (non-hydrogen) atoms. The lowest BCUT2D eigenvalue weighted by molar-refractivity contribution is -0.103. The summed E-state index contributed by atoms with van der Waals surface area (Å²) in [6.07, 6.45) is 0.500. The molecule has 1 rings (SSSR count). The van der Waals surface area contributed by atoms with Crippen molar-refractivity contribution in [3.8, 4) is 11.8 Å². The topological polar surface area (TPSA) is 17.1 Å². The molecule has 0 N–H and O–H groups in total. The molecule has 0 radical (unpaired) electrons. The quantitative estimate of drug-likeness (QED) is 0.463. The predicted octanol–water partition coefficient (Wildman–Crippen LogP) is 2.54. The molecule has 0 bridgehead atoms. The first kappa shape index (κ1) is 9.12. The van der Waals surface area contributed by atoms with Crippen LogP contribution in [0, 0.1) is 11.8 Å². The first-order chi connectivity index (χ1) is 5.75. The van der Waals surface area contributed by atoms with Crippen molar-refractivity contribution in [3.05, 3.63) is 33.8 Å². The number of halogens is 2. The van der Waals surface area contributed by atoms with Gasteiger partial charge in [0.2, 0.25) is 0 Å². The predicted molar refractivity (Wildman–Crippen MR) is 49.4 cm³/mol. The van der Waals surface area contributed by atoms with Crippen molar-refractivity contribution in [3.63, 3.8) is 0 Å². The Balaban J connectivity index is 3.21. The van der Waals surface area contributed by atoms with E-state index in [-0.39, 0.29) is 0 Å². The largest absolute Gasteiger partial charge is 0.289 e. The third-order valence-electron chi connectivity index (χ3n) is 1.22. The minimum Gasteiger partial charge on any atom is -0.289 e. The van der Waals surface area contributed by atoms with E-state index in [4.69, 9.17) is 23.2 Å². The van der Waals surface area contributed by atoms with Crippen LogP contribution in [0.2, 0.25) is 10.0 Å². The summed E-state index contributed by atoms with van der Waals surface area (Å²) in [6, 6.07) is 5.06. The van der Waals surface area contributed by atoms with Crippen molar-refractivity contribution in [2.24, 2.45) is 0 Å². The highest BCUT2D eigenvalue weighted by atomic mass is 35.5. The zero-order valence-corrected chi connectivity index (χ0v) is 7.49. The minimum absolute atomic E-state index is 0.455. The van der Waals surface area contributed by atoms with Gasteiger partial charge in [-0.25, -0.2) is 0 Å². The highest BCUT2D eigenvalue weighted by molar-refractivity contribution is 6.36. The van der Waals surface area contributed by atoms with Gasteiger partial charge in [-0.2, -0.15) is 0 Å². The number of benzene rings is 1. The van der Waals surface area contributed by atoms with E-state index in [0.717, 1.165) is 0 Å². The van der Waals surface area contributed by atoms with Crippen molar-refractivity contribution >= 4 is 29.5 Å². The fraction of sp³-hybridized carbons (Fsp3) is 0. The molecule has 0 amide bonds. The van der Waals surface area contributed by atoms with Crippen LogP contribution in [0.3, 0.4) is 0 Å². The van der Waals surface area contributed by atoms with Crippen LogP contribution in [0.25, 0.3) is 0 Å². The lowest BCUT2D eigenvalue weighted by Gasteiger charge is -1.96. The van der Waals surface area contributed by atoms with Crippen molar-refractivity contribution in [1.29, 1.82) is 0 Å². The molecule has 1 aromatic carbocycles. The molecule has 0 unspecified atom stereocenters. The molecule has 3 heteroatoms. The highest BCUT2D eigenvalue weighted by Crippen LogP contribution is 2.22. The molecule has 0 fully saturated rings. The monoisotopic (exact) mass is 198 g/mol. The molecule has 0 saturated carbocycles. The van der Waals surface area contributed by atoms with Crippen molar-refractivity contribution in [2.75, 3.05) is 0 Å². The molecule has 0 saturated heterocycles. The van der Waals surface area contributed by atoms with Gasteiger partial charge < -0.3 is 0 Å². The minimum atomic E-state index is 0.455. The van der Waals surface area contributed by atoms with Gasteiger partial charge in [-0.05, 0) is 18.1 Å². The Labute approximate surface area is 80.3 Å². The smallest absolute Gasteiger partial charge is 0.193 e. The fourth-order valence-corrected chi connectivity index (χ4v) is 1.21. The van der Waals surface area contributed by atoms with Crippen LogP contribution in [0.1, 0.15) is 5.56 Å². The van der Waals surface area contributed by atoms with Gasteiger partial charge in [0.05, 0.1) is 15.6 Å². The molecule has 0 aromatic heterocycles. The van der Waals surface area contributed by atoms with E-state index in [2.05, 4.69) is 11.8 Å². The van der Waals surface area contributed by atoms with Gasteiger partial charge in [0.15, 0.2) is 6.29 Å². The first-order valence-electron chi connectivity index (χ1n) is 3.15. The Morgan fingerprint density at radius 2 is 1.83 bits per heavy atom. The molecule has 0 aliphatic carbocycles. The number of carbonyl (C=O) groups is 1. The molecule has 0 aliphatic heterocycles. The highest BCUT2D eigenvalue weighted by Gasteiger charge is 2.00. The van der Waals surface area contributed by atoms with Crippen molar-refractivity contribution < 1.29 is 4.79 Å². The van der Waals surface area contributed by atoms with Crippen LogP contribution in [0.4, 0.5) is 0 Å². The van der Waals surface area contributed by atoms with E-state index in [1.54, 1.807) is 18.2 Å². The standard InChI is InChI=1S/C9H4Cl2O/c10-8-4-1-5-9(11)7(8)3-2-6-12/h1,4-6H. The Morgan fingerprint density at radius 3 is 2.33 bits per heavy atom. The van der Waals surface area contributed by atoms with Crippen LogP contribution in [0.5, 0.6) is 0 Å². The lowest BCUT2D eigenvalue weighted by Crippen LogP contribution is -1.78. The molecule has 0 atom stereocenters. The van der Waals surface area contributed by atoms with Gasteiger partial charge in [0, 0.05) is 0 Å². The average molecular weight is 199 g/mol. The van der Waals surface area contributed by atoms with E-state index in [9.17, 15) is 4.79 Å². The number of rotatable bonds is 0. The summed E-state index contributed by atoms with van der Waals surface area (Å²) < 4.78 is 0. The first-order valence-corrected chi connectivity index (χ1v) is 3.90. The lowest BCUT2D eigenvalue weighted by atomic mass is 10.2. The summed E-state index contributed by atoms with van der Waals surface area (Å²) in [5.74, 6) is 4.80. The summed E-state index contributed by atoms with van der Waals surface area (Å²) in [4.78, 5) is 9.94. The molecule has 0 heterocycles. The molecule has 0 aliphatic rings. The van der Waals surface area contributed by atoms with Gasteiger partial charge >= 0.3 is 0 Å². The molecular weight excluding hydrogens is 195 g/mol. The van der Waals surface area contributed by atoms with Crippen LogP contribution >= 0.6 is 23.2 Å². The van der Waals surface area contributed by atoms with Crippen LogP contribution < -0.4 is 0 Å². The van der Waals surface area contributed by atoms with Gasteiger partial charge in [0.1, 0.15) is 0 Å². The van der Waals surface area contributed by atoms with Crippen molar-refractivity contribution in [2.45, 2.75) is 0 Å². The fourth-order valence-electron chi connectivity index (χ4n) is 0.719. The van der Waals surface area contributed by atoms with Gasteiger partial charge in [-0.15, -0.1) is 0 Å². The molecular formula is C9H4Cl2O. The van der Waals surface area contributed by atoms with Crippen LogP contribution in [-0.2, 0) is 4.79 Å². The Hall–Kier alpha value is -0.970. The van der Waals surface area contributed by atoms with Gasteiger partial charge in [-0.3, -0.25) is 4.79 Å². The number of carbonyl (C=O) groups excluding carboxylic acids is 1. The average Bonchev–Trinajstić information content (AvgIpc) is 2.04. The van der Waals surface area contributed by atoms with Crippen LogP contribution in [0.15, 0.2) is 18.2 Å². The molecule has 1 nitrogen and oxygen atoms in total. The Bertz CT molecular complexity index is 340. The van der Waals surface area contributed by atoms with E-state index >= 15 is 0 Å². The zero-order valence-electron chi connectivity index (χ0n) is 5.97. The SMILES string of the molecule is O=CC#Cc1c(Cl)cccc1Cl. The normalized spacial score (nSPS) is 8.50. The summed E-state index contributed by atoms with van der Waals surface area (Å²) in [7, 11) is 0. The molecule has 60 valence electrons. The Kier molecular flexibility index (Phi) is 3.16. The second-order valence-electron chi connectivity index (χ2n) is 1.98. The van der Waals surface area contributed by atoms with E-state index in [1.807, 2.05) is 0 Å². The van der Waals surface area contributed by atoms with E-state index < -0.39 is 0 Å². The third-order valence-corrected chi connectivity index (χ3v) is 1.85. The van der Waals surface area contributed by atoms with Crippen LogP contribution in [-0.4, -0.2) is 6.29 Å². The zero-order chi connectivity index (χ0) is 8.97. The van der Waals surface area contributed by atoms with E-state index in [0.29, 0.717) is 21.9 Å².